The third-order valence-corrected chi connectivity index (χ3v) is 4.73. The number of rotatable bonds is 1. The lowest BCUT2D eigenvalue weighted by molar-refractivity contribution is -0.744. The fourth-order valence-corrected chi connectivity index (χ4v) is 3.38. The van der Waals surface area contributed by atoms with Crippen LogP contribution in [0.5, 0.6) is 0 Å². The summed E-state index contributed by atoms with van der Waals surface area (Å²) in [5, 5.41) is 2.39. The first kappa shape index (κ1) is 13.4. The van der Waals surface area contributed by atoms with Crippen LogP contribution in [0.25, 0.3) is 17.2 Å². The molecule has 0 radical (unpaired) electrons. The standard InChI is InChI=1S/C19H20N2O/c1-13-15-12-20-19(2,3)16-10-7-11-21(16)18(15)22-17(13)14-8-5-4-6-9-14/h4-11,20H,12H2,1-3H3/p+1. The molecule has 0 spiro atoms. The number of furan rings is 1. The van der Waals surface area contributed by atoms with E-state index < -0.39 is 0 Å². The lowest BCUT2D eigenvalue weighted by Gasteiger charge is -2.21. The molecule has 1 aromatic carbocycles. The predicted molar refractivity (Wildman–Crippen MR) is 86.9 cm³/mol. The Kier molecular flexibility index (Phi) is 2.81. The fourth-order valence-electron chi connectivity index (χ4n) is 3.38. The molecule has 3 heterocycles. The van der Waals surface area contributed by atoms with Crippen molar-refractivity contribution in [1.82, 2.24) is 4.57 Å². The maximum atomic E-state index is 6.32. The fraction of sp³-hybridized carbons (Fsp3) is 0.263. The quantitative estimate of drug-likeness (QED) is 0.733. The molecule has 1 aliphatic heterocycles. The van der Waals surface area contributed by atoms with Crippen LogP contribution in [0.15, 0.2) is 53.1 Å². The number of nitrogens with two attached hydrogens (primary N) is 1. The largest absolute Gasteiger partial charge is 0.439 e. The summed E-state index contributed by atoms with van der Waals surface area (Å²) < 4.78 is 8.53. The SMILES string of the molecule is Cc1c(-c2ccccc2)oc2c1C[NH2+]C(C)(C)c1cccn1-2. The molecule has 1 aliphatic rings. The molecule has 0 fully saturated rings. The lowest BCUT2D eigenvalue weighted by Crippen LogP contribution is -2.91. The normalized spacial score (nSPS) is 16.0. The third kappa shape index (κ3) is 1.86. The Hall–Kier alpha value is -2.26. The molecular weight excluding hydrogens is 272 g/mol. The van der Waals surface area contributed by atoms with E-state index in [1.807, 2.05) is 6.07 Å². The smallest absolute Gasteiger partial charge is 0.213 e. The highest BCUT2D eigenvalue weighted by molar-refractivity contribution is 5.65. The molecule has 0 unspecified atom stereocenters. The number of quaternary nitrogens is 1. The zero-order chi connectivity index (χ0) is 15.3. The monoisotopic (exact) mass is 293 g/mol. The van der Waals surface area contributed by atoms with Gasteiger partial charge >= 0.3 is 0 Å². The Morgan fingerprint density at radius 1 is 1.09 bits per heavy atom. The van der Waals surface area contributed by atoms with E-state index in [1.54, 1.807) is 0 Å². The van der Waals surface area contributed by atoms with E-state index in [0.29, 0.717) is 0 Å². The number of hydrogen-bond acceptors (Lipinski definition) is 1. The van der Waals surface area contributed by atoms with Crippen LogP contribution in [0.3, 0.4) is 0 Å². The third-order valence-electron chi connectivity index (χ3n) is 4.73. The summed E-state index contributed by atoms with van der Waals surface area (Å²) in [6.45, 7) is 7.63. The van der Waals surface area contributed by atoms with Gasteiger partial charge in [-0.1, -0.05) is 30.3 Å². The minimum atomic E-state index is 0.0460. The summed E-state index contributed by atoms with van der Waals surface area (Å²) in [6, 6.07) is 14.6. The molecule has 0 saturated heterocycles. The first-order valence-electron chi connectivity index (χ1n) is 7.78. The van der Waals surface area contributed by atoms with Gasteiger partial charge in [0.05, 0.1) is 11.3 Å². The van der Waals surface area contributed by atoms with Crippen LogP contribution in [-0.2, 0) is 12.1 Å². The number of nitrogens with zero attached hydrogens (tertiary/aromatic N) is 1. The molecule has 2 N–H and O–H groups in total. The van der Waals surface area contributed by atoms with Crippen molar-refractivity contribution < 1.29 is 9.73 Å². The van der Waals surface area contributed by atoms with E-state index in [2.05, 4.69) is 73.3 Å². The van der Waals surface area contributed by atoms with Gasteiger partial charge in [-0.2, -0.15) is 0 Å². The first-order chi connectivity index (χ1) is 10.6. The highest BCUT2D eigenvalue weighted by Crippen LogP contribution is 2.35. The van der Waals surface area contributed by atoms with Gasteiger partial charge in [0.15, 0.2) is 0 Å². The molecule has 3 nitrogen and oxygen atoms in total. The summed E-state index contributed by atoms with van der Waals surface area (Å²) in [6.07, 6.45) is 2.10. The van der Waals surface area contributed by atoms with Gasteiger partial charge in [-0.25, -0.2) is 0 Å². The Balaban J connectivity index is 1.95. The van der Waals surface area contributed by atoms with Crippen LogP contribution < -0.4 is 5.32 Å². The number of benzene rings is 1. The maximum Gasteiger partial charge on any atom is 0.213 e. The zero-order valence-electron chi connectivity index (χ0n) is 13.3. The van der Waals surface area contributed by atoms with Crippen LogP contribution in [0.1, 0.15) is 30.7 Å². The van der Waals surface area contributed by atoms with Gasteiger partial charge in [0, 0.05) is 17.3 Å². The Labute approximate surface area is 130 Å². The van der Waals surface area contributed by atoms with Crippen LogP contribution in [0.4, 0.5) is 0 Å². The minimum Gasteiger partial charge on any atom is -0.439 e. The van der Waals surface area contributed by atoms with Crippen LogP contribution in [0, 0.1) is 6.92 Å². The van der Waals surface area contributed by atoms with Crippen molar-refractivity contribution in [1.29, 1.82) is 0 Å². The van der Waals surface area contributed by atoms with Crippen molar-refractivity contribution in [3.8, 4) is 17.2 Å². The molecular formula is C19H21N2O+. The maximum absolute atomic E-state index is 6.32. The van der Waals surface area contributed by atoms with Gasteiger partial charge in [-0.3, -0.25) is 4.57 Å². The van der Waals surface area contributed by atoms with Gasteiger partial charge in [-0.05, 0) is 32.9 Å². The van der Waals surface area contributed by atoms with E-state index in [0.717, 1.165) is 23.8 Å². The molecule has 0 aliphatic carbocycles. The summed E-state index contributed by atoms with van der Waals surface area (Å²) >= 11 is 0. The second-order valence-electron chi connectivity index (χ2n) is 6.60. The highest BCUT2D eigenvalue weighted by atomic mass is 16.4. The summed E-state index contributed by atoms with van der Waals surface area (Å²) in [4.78, 5) is 0. The Morgan fingerprint density at radius 2 is 1.86 bits per heavy atom. The Bertz CT molecular complexity index is 824. The van der Waals surface area contributed by atoms with Crippen LogP contribution in [0.2, 0.25) is 0 Å². The minimum absolute atomic E-state index is 0.0460. The zero-order valence-corrected chi connectivity index (χ0v) is 13.3. The van der Waals surface area contributed by atoms with Crippen molar-refractivity contribution in [3.05, 3.63) is 65.5 Å². The molecule has 22 heavy (non-hydrogen) atoms. The van der Waals surface area contributed by atoms with Crippen LogP contribution >= 0.6 is 0 Å². The van der Waals surface area contributed by atoms with Crippen molar-refractivity contribution in [2.24, 2.45) is 0 Å². The summed E-state index contributed by atoms with van der Waals surface area (Å²) in [5.74, 6) is 1.96. The first-order valence-corrected chi connectivity index (χ1v) is 7.78. The van der Waals surface area contributed by atoms with Crippen molar-refractivity contribution in [3.63, 3.8) is 0 Å². The van der Waals surface area contributed by atoms with E-state index in [1.165, 1.54) is 16.8 Å². The van der Waals surface area contributed by atoms with E-state index in [-0.39, 0.29) is 5.54 Å². The molecule has 0 bridgehead atoms. The van der Waals surface area contributed by atoms with E-state index >= 15 is 0 Å². The molecule has 112 valence electrons. The Morgan fingerprint density at radius 3 is 2.64 bits per heavy atom. The molecule has 0 amide bonds. The molecule has 0 saturated carbocycles. The second kappa shape index (κ2) is 4.62. The number of fused-ring (bicyclic) bond motifs is 3. The lowest BCUT2D eigenvalue weighted by atomic mass is 10.0. The summed E-state index contributed by atoms with van der Waals surface area (Å²) in [7, 11) is 0. The van der Waals surface area contributed by atoms with Crippen molar-refractivity contribution in [2.75, 3.05) is 0 Å². The van der Waals surface area contributed by atoms with Gasteiger partial charge in [0.1, 0.15) is 17.8 Å². The van der Waals surface area contributed by atoms with Gasteiger partial charge in [-0.15, -0.1) is 0 Å². The van der Waals surface area contributed by atoms with E-state index in [9.17, 15) is 0 Å². The topological polar surface area (TPSA) is 34.7 Å². The molecule has 3 heteroatoms. The summed E-state index contributed by atoms with van der Waals surface area (Å²) in [5.41, 5.74) is 5.00. The predicted octanol–water partition coefficient (Wildman–Crippen LogP) is 3.36. The number of hydrogen-bond donors (Lipinski definition) is 1. The average Bonchev–Trinajstić information content (AvgIpc) is 3.09. The van der Waals surface area contributed by atoms with Gasteiger partial charge in [0.2, 0.25) is 5.88 Å². The van der Waals surface area contributed by atoms with Gasteiger partial charge in [0.25, 0.3) is 0 Å². The molecule has 3 aromatic rings. The van der Waals surface area contributed by atoms with Crippen LogP contribution in [-0.4, -0.2) is 4.57 Å². The molecule has 2 aromatic heterocycles. The van der Waals surface area contributed by atoms with E-state index in [4.69, 9.17) is 4.42 Å². The highest BCUT2D eigenvalue weighted by Gasteiger charge is 2.34. The molecule has 0 atom stereocenters. The van der Waals surface area contributed by atoms with Gasteiger partial charge < -0.3 is 9.73 Å². The average molecular weight is 293 g/mol. The molecule has 4 rings (SSSR count). The second-order valence-corrected chi connectivity index (χ2v) is 6.60. The van der Waals surface area contributed by atoms with Crippen molar-refractivity contribution in [2.45, 2.75) is 32.9 Å². The number of aromatic nitrogens is 1. The van der Waals surface area contributed by atoms with Crippen molar-refractivity contribution >= 4 is 0 Å².